The Kier molecular flexibility index (Phi) is 3.22. The highest BCUT2D eigenvalue weighted by molar-refractivity contribution is 5.97. The van der Waals surface area contributed by atoms with Crippen LogP contribution >= 0.6 is 0 Å². The van der Waals surface area contributed by atoms with E-state index in [1.54, 1.807) is 18.7 Å². The predicted octanol–water partition coefficient (Wildman–Crippen LogP) is 0.215. The molecule has 21 heavy (non-hydrogen) atoms. The van der Waals surface area contributed by atoms with Crippen LogP contribution in [-0.2, 0) is 7.05 Å². The van der Waals surface area contributed by atoms with Gasteiger partial charge in [-0.2, -0.15) is 10.3 Å². The van der Waals surface area contributed by atoms with Gasteiger partial charge in [0.25, 0.3) is 5.91 Å². The van der Waals surface area contributed by atoms with E-state index in [-0.39, 0.29) is 11.9 Å². The second-order valence-electron chi connectivity index (χ2n) is 4.56. The van der Waals surface area contributed by atoms with Gasteiger partial charge in [-0.1, -0.05) is 5.21 Å². The summed E-state index contributed by atoms with van der Waals surface area (Å²) in [6.07, 6.45) is 5.25. The van der Waals surface area contributed by atoms with Crippen LogP contribution in [0.4, 0.5) is 0 Å². The summed E-state index contributed by atoms with van der Waals surface area (Å²) in [6.45, 7) is 1.79. The lowest BCUT2D eigenvalue weighted by Crippen LogP contribution is -2.28. The minimum absolute atomic E-state index is 0.246. The van der Waals surface area contributed by atoms with E-state index in [1.807, 2.05) is 29.1 Å². The summed E-state index contributed by atoms with van der Waals surface area (Å²) < 4.78 is 3.48. The van der Waals surface area contributed by atoms with E-state index in [0.29, 0.717) is 17.2 Å². The molecule has 3 rings (SSSR count). The van der Waals surface area contributed by atoms with Crippen molar-refractivity contribution < 1.29 is 4.79 Å². The quantitative estimate of drug-likeness (QED) is 0.713. The minimum Gasteiger partial charge on any atom is -0.342 e. The normalized spacial score (nSPS) is 12.3. The van der Waals surface area contributed by atoms with Gasteiger partial charge in [0.15, 0.2) is 5.82 Å². The summed E-state index contributed by atoms with van der Waals surface area (Å²) in [5, 5.41) is 20.5. The summed E-state index contributed by atoms with van der Waals surface area (Å²) >= 11 is 0. The van der Waals surface area contributed by atoms with Gasteiger partial charge < -0.3 is 9.88 Å². The molecular weight excluding hydrogens is 272 g/mol. The molecule has 0 aliphatic heterocycles. The van der Waals surface area contributed by atoms with Crippen LogP contribution in [0.3, 0.4) is 0 Å². The lowest BCUT2D eigenvalue weighted by molar-refractivity contribution is 0.0938. The van der Waals surface area contributed by atoms with Gasteiger partial charge in [-0.05, 0) is 19.1 Å². The second-order valence-corrected chi connectivity index (χ2v) is 4.56. The smallest absolute Gasteiger partial charge is 0.257 e. The van der Waals surface area contributed by atoms with E-state index in [2.05, 4.69) is 31.0 Å². The number of aryl methyl sites for hydroxylation is 1. The number of tetrazole rings is 1. The summed E-state index contributed by atoms with van der Waals surface area (Å²) in [5.74, 6) is 0.872. The molecule has 108 valence electrons. The number of hydrogen-bond donors (Lipinski definition) is 2. The fourth-order valence-electron chi connectivity index (χ4n) is 2.07. The summed E-state index contributed by atoms with van der Waals surface area (Å²) in [4.78, 5) is 12.4. The molecule has 0 aromatic carbocycles. The number of hydrogen-bond acceptors (Lipinski definition) is 5. The lowest BCUT2D eigenvalue weighted by atomic mass is 10.2. The number of carbonyl (C=O) groups is 1. The van der Waals surface area contributed by atoms with Crippen molar-refractivity contribution in [3.63, 3.8) is 0 Å². The summed E-state index contributed by atoms with van der Waals surface area (Å²) in [7, 11) is 1.79. The van der Waals surface area contributed by atoms with Gasteiger partial charge >= 0.3 is 0 Å². The van der Waals surface area contributed by atoms with Gasteiger partial charge in [-0.25, -0.2) is 0 Å². The highest BCUT2D eigenvalue weighted by Crippen LogP contribution is 2.15. The maximum Gasteiger partial charge on any atom is 0.257 e. The van der Waals surface area contributed by atoms with Crippen molar-refractivity contribution in [3.05, 3.63) is 42.1 Å². The summed E-state index contributed by atoms with van der Waals surface area (Å²) in [6, 6.07) is 3.42. The molecule has 0 radical (unpaired) electrons. The third-order valence-electron chi connectivity index (χ3n) is 3.10. The standard InChI is InChI=1S/C12H14N8O/c1-8(10-15-17-18-16-10)14-11(21)9-7-13-19(2)12(9)20-5-3-4-6-20/h3-8H,1-2H3,(H,14,21)(H,15,16,17,18). The highest BCUT2D eigenvalue weighted by atomic mass is 16.1. The molecule has 0 aliphatic rings. The average molecular weight is 286 g/mol. The van der Waals surface area contributed by atoms with Gasteiger partial charge in [-0.3, -0.25) is 9.48 Å². The van der Waals surface area contributed by atoms with Crippen molar-refractivity contribution in [2.24, 2.45) is 7.05 Å². The van der Waals surface area contributed by atoms with Crippen LogP contribution in [0.2, 0.25) is 0 Å². The largest absolute Gasteiger partial charge is 0.342 e. The predicted molar refractivity (Wildman–Crippen MR) is 72.6 cm³/mol. The molecule has 3 aromatic heterocycles. The van der Waals surface area contributed by atoms with Gasteiger partial charge in [0.05, 0.1) is 12.2 Å². The number of amides is 1. The molecule has 9 nitrogen and oxygen atoms in total. The van der Waals surface area contributed by atoms with Gasteiger partial charge in [0, 0.05) is 19.4 Å². The van der Waals surface area contributed by atoms with E-state index in [4.69, 9.17) is 0 Å². The first-order valence-electron chi connectivity index (χ1n) is 6.36. The Hall–Kier alpha value is -2.97. The Labute approximate surface area is 120 Å². The number of aromatic nitrogens is 7. The molecule has 1 amide bonds. The van der Waals surface area contributed by atoms with E-state index in [9.17, 15) is 4.79 Å². The zero-order valence-electron chi connectivity index (χ0n) is 11.6. The Morgan fingerprint density at radius 3 is 2.81 bits per heavy atom. The van der Waals surface area contributed by atoms with Crippen LogP contribution < -0.4 is 5.32 Å². The van der Waals surface area contributed by atoms with Crippen molar-refractivity contribution in [2.45, 2.75) is 13.0 Å². The SMILES string of the molecule is CC(NC(=O)c1cnn(C)c1-n1cccc1)c1nn[nH]n1. The van der Waals surface area contributed by atoms with Crippen LogP contribution in [0.5, 0.6) is 0 Å². The van der Waals surface area contributed by atoms with Crippen molar-refractivity contribution in [1.29, 1.82) is 0 Å². The first kappa shape index (κ1) is 13.0. The highest BCUT2D eigenvalue weighted by Gasteiger charge is 2.20. The van der Waals surface area contributed by atoms with Gasteiger partial charge in [0.2, 0.25) is 0 Å². The number of H-pyrrole nitrogens is 1. The molecule has 9 heteroatoms. The Balaban J connectivity index is 1.86. The molecule has 0 fully saturated rings. The molecule has 0 saturated heterocycles. The van der Waals surface area contributed by atoms with Crippen LogP contribution in [-0.4, -0.2) is 40.9 Å². The lowest BCUT2D eigenvalue weighted by Gasteiger charge is -2.11. The Morgan fingerprint density at radius 1 is 1.38 bits per heavy atom. The monoisotopic (exact) mass is 286 g/mol. The first-order chi connectivity index (χ1) is 10.2. The molecule has 1 unspecified atom stereocenters. The molecule has 0 bridgehead atoms. The molecular formula is C12H14N8O. The number of rotatable bonds is 4. The molecule has 1 atom stereocenters. The Bertz CT molecular complexity index is 728. The van der Waals surface area contributed by atoms with Crippen LogP contribution in [0.25, 0.3) is 5.82 Å². The van der Waals surface area contributed by atoms with Crippen molar-refractivity contribution in [3.8, 4) is 5.82 Å². The van der Waals surface area contributed by atoms with E-state index in [0.717, 1.165) is 0 Å². The van der Waals surface area contributed by atoms with Crippen molar-refractivity contribution in [2.75, 3.05) is 0 Å². The minimum atomic E-state index is -0.353. The molecule has 0 spiro atoms. The molecule has 0 saturated carbocycles. The summed E-state index contributed by atoms with van der Waals surface area (Å²) in [5.41, 5.74) is 0.476. The zero-order chi connectivity index (χ0) is 14.8. The van der Waals surface area contributed by atoms with Crippen LogP contribution in [0.15, 0.2) is 30.7 Å². The molecule has 2 N–H and O–H groups in total. The number of nitrogens with zero attached hydrogens (tertiary/aromatic N) is 6. The third kappa shape index (κ3) is 2.40. The number of nitrogens with one attached hydrogen (secondary N) is 2. The third-order valence-corrected chi connectivity index (χ3v) is 3.10. The van der Waals surface area contributed by atoms with Crippen LogP contribution in [0.1, 0.15) is 29.1 Å². The fourth-order valence-corrected chi connectivity index (χ4v) is 2.07. The maximum atomic E-state index is 12.4. The molecule has 0 aliphatic carbocycles. The average Bonchev–Trinajstić information content (AvgIpc) is 3.19. The number of carbonyl (C=O) groups excluding carboxylic acids is 1. The molecule has 3 heterocycles. The van der Waals surface area contributed by atoms with Gasteiger partial charge in [-0.15, -0.1) is 10.2 Å². The van der Waals surface area contributed by atoms with E-state index < -0.39 is 0 Å². The number of aromatic amines is 1. The fraction of sp³-hybridized carbons (Fsp3) is 0.250. The van der Waals surface area contributed by atoms with E-state index in [1.165, 1.54) is 6.20 Å². The first-order valence-corrected chi connectivity index (χ1v) is 6.36. The van der Waals surface area contributed by atoms with Crippen molar-refractivity contribution in [1.82, 2.24) is 40.3 Å². The maximum absolute atomic E-state index is 12.4. The Morgan fingerprint density at radius 2 is 2.14 bits per heavy atom. The van der Waals surface area contributed by atoms with E-state index >= 15 is 0 Å². The van der Waals surface area contributed by atoms with Crippen LogP contribution in [0, 0.1) is 0 Å². The van der Waals surface area contributed by atoms with Crippen molar-refractivity contribution >= 4 is 5.91 Å². The zero-order valence-corrected chi connectivity index (χ0v) is 11.6. The molecule has 3 aromatic rings. The second kappa shape index (κ2) is 5.19. The van der Waals surface area contributed by atoms with Gasteiger partial charge in [0.1, 0.15) is 11.4 Å². The topological polar surface area (TPSA) is 106 Å².